The molecule has 60 valence electrons. The van der Waals surface area contributed by atoms with E-state index in [2.05, 4.69) is 0 Å². The molecule has 0 amide bonds. The molecule has 0 radical (unpaired) electrons. The molecule has 6 heteroatoms. The van der Waals surface area contributed by atoms with Crippen molar-refractivity contribution in [1.29, 1.82) is 0 Å². The van der Waals surface area contributed by atoms with Gasteiger partial charge in [0.2, 0.25) is 0 Å². The van der Waals surface area contributed by atoms with Crippen molar-refractivity contribution in [3.05, 3.63) is 0 Å². The lowest BCUT2D eigenvalue weighted by molar-refractivity contribution is 0.265. The van der Waals surface area contributed by atoms with Crippen LogP contribution in [-0.4, -0.2) is 25.3 Å². The normalized spacial score (nSPS) is 11.5. The van der Waals surface area contributed by atoms with Crippen molar-refractivity contribution in [2.45, 2.75) is 0 Å². The van der Waals surface area contributed by atoms with Crippen molar-refractivity contribution in [3.8, 4) is 0 Å². The highest BCUT2D eigenvalue weighted by molar-refractivity contribution is 8.35. The van der Waals surface area contributed by atoms with E-state index in [-0.39, 0.29) is 4.86 Å². The summed E-state index contributed by atoms with van der Waals surface area (Å²) >= 11 is 5.86. The molecule has 0 aliphatic rings. The molecule has 0 saturated heterocycles. The molecule has 10 heavy (non-hydrogen) atoms. The first kappa shape index (κ1) is 10.6. The van der Waals surface area contributed by atoms with Crippen LogP contribution < -0.4 is 0 Å². The van der Waals surface area contributed by atoms with Gasteiger partial charge in [-0.2, -0.15) is 0 Å². The molecule has 0 aromatic carbocycles. The summed E-state index contributed by atoms with van der Waals surface area (Å²) in [4.78, 5) is 10.8. The largest absolute Gasteiger partial charge is 0.327 e. The minimum atomic E-state index is -2.61. The van der Waals surface area contributed by atoms with Gasteiger partial charge in [-0.05, 0) is 18.1 Å². The Morgan fingerprint density at radius 1 is 1.50 bits per heavy atom. The first-order chi connectivity index (χ1) is 4.60. The van der Waals surface area contributed by atoms with Crippen molar-refractivity contribution in [2.75, 3.05) is 20.5 Å². The van der Waals surface area contributed by atoms with Crippen molar-refractivity contribution in [2.24, 2.45) is 0 Å². The smallest absolute Gasteiger partial charge is 0.272 e. The molecular formula is C4H9O3PS2. The lowest BCUT2D eigenvalue weighted by Crippen LogP contribution is -1.95. The Balaban J connectivity index is 4.34. The predicted octanol–water partition coefficient (Wildman–Crippen LogP) is 2.07. The fraction of sp³-hybridized carbons (Fsp3) is 0.750. The summed E-state index contributed by atoms with van der Waals surface area (Å²) < 4.78 is 9.55. The molecule has 0 unspecified atom stereocenters. The van der Waals surface area contributed by atoms with Crippen LogP contribution in [-0.2, 0) is 20.9 Å². The van der Waals surface area contributed by atoms with Crippen molar-refractivity contribution < 1.29 is 13.8 Å². The highest BCUT2D eigenvalue weighted by Gasteiger charge is 2.24. The fourth-order valence-electron chi connectivity index (χ4n) is 0.335. The number of rotatable bonds is 3. The average Bonchev–Trinajstić information content (AvgIpc) is 2.01. The molecule has 0 heterocycles. The van der Waals surface area contributed by atoms with Crippen LogP contribution in [0.4, 0.5) is 4.79 Å². The number of hydrogen-bond acceptors (Lipinski definition) is 5. The quantitative estimate of drug-likeness (QED) is 0.652. The fourth-order valence-corrected chi connectivity index (χ4v) is 2.80. The molecule has 0 N–H and O–H groups in total. The molecule has 0 spiro atoms. The van der Waals surface area contributed by atoms with E-state index in [1.165, 1.54) is 14.2 Å². The zero-order chi connectivity index (χ0) is 8.20. The van der Waals surface area contributed by atoms with Gasteiger partial charge in [-0.15, -0.1) is 0 Å². The maximum atomic E-state index is 11.0. The third kappa shape index (κ3) is 2.32. The summed E-state index contributed by atoms with van der Waals surface area (Å²) in [7, 11) is 2.77. The van der Waals surface area contributed by atoms with Gasteiger partial charge in [0.1, 0.15) is 0 Å². The second-order valence-electron chi connectivity index (χ2n) is 1.33. The maximum absolute atomic E-state index is 11.0. The first-order valence-corrected chi connectivity index (χ1v) is 6.27. The summed E-state index contributed by atoms with van der Waals surface area (Å²) in [5, 5.41) is 0. The average molecular weight is 200 g/mol. The Bertz CT molecular complexity index is 162. The second-order valence-corrected chi connectivity index (χ2v) is 5.99. The van der Waals surface area contributed by atoms with Crippen LogP contribution in [0.2, 0.25) is 0 Å². The van der Waals surface area contributed by atoms with Gasteiger partial charge in [0.15, 0.2) is 0 Å². The maximum Gasteiger partial charge on any atom is 0.272 e. The van der Waals surface area contributed by atoms with Gasteiger partial charge in [0.05, 0.1) is 0 Å². The van der Waals surface area contributed by atoms with Crippen LogP contribution in [0.5, 0.6) is 0 Å². The third-order valence-corrected chi connectivity index (χ3v) is 5.64. The third-order valence-electron chi connectivity index (χ3n) is 0.879. The molecule has 0 aliphatic heterocycles. The molecule has 0 aromatic heterocycles. The van der Waals surface area contributed by atoms with Crippen molar-refractivity contribution in [1.82, 2.24) is 0 Å². The molecular weight excluding hydrogens is 191 g/mol. The van der Waals surface area contributed by atoms with Gasteiger partial charge in [-0.25, -0.2) is 0 Å². The first-order valence-electron chi connectivity index (χ1n) is 2.40. The Morgan fingerprint density at radius 2 is 1.90 bits per heavy atom. The number of hydrogen-bond donors (Lipinski definition) is 0. The zero-order valence-electron chi connectivity index (χ0n) is 5.99. The van der Waals surface area contributed by atoms with E-state index in [0.29, 0.717) is 0 Å². The summed E-state index contributed by atoms with van der Waals surface area (Å²) in [5.41, 5.74) is 0. The van der Waals surface area contributed by atoms with Crippen molar-refractivity contribution >= 4 is 34.9 Å². The lowest BCUT2D eigenvalue weighted by atomic mass is 11.8. The second kappa shape index (κ2) is 4.46. The van der Waals surface area contributed by atoms with E-state index < -0.39 is 6.49 Å². The molecule has 0 bridgehead atoms. The number of thioether (sulfide) groups is 1. The molecule has 0 aromatic rings. The standard InChI is InChI=1S/C4H9O3PS2/c1-6-8(9,7-2)4(5)10-3/h1-3H3. The Labute approximate surface area is 69.6 Å². The van der Waals surface area contributed by atoms with E-state index in [0.717, 1.165) is 11.8 Å². The van der Waals surface area contributed by atoms with Crippen LogP contribution in [0, 0.1) is 0 Å². The van der Waals surface area contributed by atoms with Crippen LogP contribution in [0.25, 0.3) is 0 Å². The molecule has 0 aliphatic carbocycles. The van der Waals surface area contributed by atoms with Gasteiger partial charge in [-0.3, -0.25) is 4.79 Å². The molecule has 0 saturated carbocycles. The van der Waals surface area contributed by atoms with E-state index in [1.54, 1.807) is 6.26 Å². The zero-order valence-corrected chi connectivity index (χ0v) is 8.52. The van der Waals surface area contributed by atoms with Crippen molar-refractivity contribution in [3.63, 3.8) is 0 Å². The van der Waals surface area contributed by atoms with Gasteiger partial charge < -0.3 is 9.05 Å². The van der Waals surface area contributed by atoms with Crippen LogP contribution in [0.1, 0.15) is 0 Å². The van der Waals surface area contributed by atoms with Crippen LogP contribution in [0.3, 0.4) is 0 Å². The minimum Gasteiger partial charge on any atom is -0.327 e. The molecule has 0 atom stereocenters. The van der Waals surface area contributed by atoms with Crippen LogP contribution in [0.15, 0.2) is 0 Å². The van der Waals surface area contributed by atoms with E-state index in [9.17, 15) is 4.79 Å². The summed E-state index contributed by atoms with van der Waals surface area (Å²) in [5.74, 6) is 0. The van der Waals surface area contributed by atoms with E-state index >= 15 is 0 Å². The molecule has 0 rings (SSSR count). The van der Waals surface area contributed by atoms with Gasteiger partial charge in [0, 0.05) is 14.2 Å². The van der Waals surface area contributed by atoms with E-state index in [1.807, 2.05) is 0 Å². The predicted molar refractivity (Wildman–Crippen MR) is 47.2 cm³/mol. The highest BCUT2D eigenvalue weighted by Crippen LogP contribution is 2.51. The lowest BCUT2D eigenvalue weighted by Gasteiger charge is -2.13. The van der Waals surface area contributed by atoms with Gasteiger partial charge >= 0.3 is 0 Å². The molecule has 0 fully saturated rings. The summed E-state index contributed by atoms with van der Waals surface area (Å²) in [6.07, 6.45) is 1.65. The van der Waals surface area contributed by atoms with Gasteiger partial charge in [0.25, 0.3) is 11.3 Å². The number of carbonyl (C=O) groups excluding carboxylic acids is 1. The van der Waals surface area contributed by atoms with Crippen LogP contribution >= 0.6 is 18.3 Å². The topological polar surface area (TPSA) is 35.5 Å². The number of carbonyl (C=O) groups is 1. The SMILES string of the molecule is COP(=S)(OC)C(=O)SC. The Morgan fingerprint density at radius 3 is 2.00 bits per heavy atom. The summed E-state index contributed by atoms with van der Waals surface area (Å²) in [6, 6.07) is 0. The van der Waals surface area contributed by atoms with E-state index in [4.69, 9.17) is 20.9 Å². The monoisotopic (exact) mass is 200 g/mol. The summed E-state index contributed by atoms with van der Waals surface area (Å²) in [6.45, 7) is -2.61. The Hall–Kier alpha value is 0.590. The molecule has 3 nitrogen and oxygen atoms in total. The van der Waals surface area contributed by atoms with Gasteiger partial charge in [-0.1, -0.05) is 11.8 Å². The Kier molecular flexibility index (Phi) is 4.73. The highest BCUT2D eigenvalue weighted by atomic mass is 32.5. The minimum absolute atomic E-state index is 0.201.